The molecule has 1 unspecified atom stereocenters. The molecular weight excluding hydrogens is 396 g/mol. The summed E-state index contributed by atoms with van der Waals surface area (Å²) in [6, 6.07) is 16.4. The Balaban J connectivity index is 1.49. The zero-order valence-corrected chi connectivity index (χ0v) is 16.5. The summed E-state index contributed by atoms with van der Waals surface area (Å²) in [5.74, 6) is 1.32. The van der Waals surface area contributed by atoms with E-state index in [0.717, 1.165) is 49.1 Å². The van der Waals surface area contributed by atoms with Gasteiger partial charge in [0.05, 0.1) is 4.32 Å². The summed E-state index contributed by atoms with van der Waals surface area (Å²) in [6.45, 7) is 0. The summed E-state index contributed by atoms with van der Waals surface area (Å²) < 4.78 is -0.369. The molecule has 2 aliphatic rings. The van der Waals surface area contributed by atoms with E-state index in [4.69, 9.17) is 11.6 Å². The maximum Gasteiger partial charge on any atom is 0.180 e. The van der Waals surface area contributed by atoms with E-state index in [9.17, 15) is 4.79 Å². The second-order valence-corrected chi connectivity index (χ2v) is 9.30. The Morgan fingerprint density at radius 1 is 0.960 bits per heavy atom. The average Bonchev–Trinajstić information content (AvgIpc) is 2.66. The largest absolute Gasteiger partial charge is 0.293 e. The van der Waals surface area contributed by atoms with Gasteiger partial charge in [-0.3, -0.25) is 4.79 Å². The van der Waals surface area contributed by atoms with Gasteiger partial charge in [0.2, 0.25) is 0 Å². The number of aryl methyl sites for hydroxylation is 1. The van der Waals surface area contributed by atoms with Crippen LogP contribution in [0.2, 0.25) is 5.02 Å². The van der Waals surface area contributed by atoms with Gasteiger partial charge in [-0.05, 0) is 73.6 Å². The van der Waals surface area contributed by atoms with Gasteiger partial charge >= 0.3 is 0 Å². The second-order valence-electron chi connectivity index (χ2n) is 7.45. The highest BCUT2D eigenvalue weighted by Gasteiger charge is 2.47. The van der Waals surface area contributed by atoms with Gasteiger partial charge < -0.3 is 0 Å². The monoisotopic (exact) mass is 416 g/mol. The van der Waals surface area contributed by atoms with E-state index >= 15 is 0 Å². The third-order valence-corrected chi connectivity index (χ3v) is 7.77. The van der Waals surface area contributed by atoms with Gasteiger partial charge in [-0.1, -0.05) is 63.9 Å². The molecule has 1 saturated carbocycles. The Kier molecular flexibility index (Phi) is 4.77. The van der Waals surface area contributed by atoms with Crippen molar-refractivity contribution in [3.8, 4) is 0 Å². The fourth-order valence-electron chi connectivity index (χ4n) is 4.62. The van der Waals surface area contributed by atoms with Gasteiger partial charge in [-0.15, -0.1) is 0 Å². The van der Waals surface area contributed by atoms with E-state index in [1.807, 2.05) is 30.3 Å². The van der Waals surface area contributed by atoms with E-state index in [1.165, 1.54) is 11.1 Å². The average molecular weight is 418 g/mol. The lowest BCUT2D eigenvalue weighted by Gasteiger charge is -2.41. The highest BCUT2D eigenvalue weighted by molar-refractivity contribution is 9.10. The minimum absolute atomic E-state index is 0.296. The number of ketones is 1. The zero-order valence-electron chi connectivity index (χ0n) is 14.2. The summed E-state index contributed by atoms with van der Waals surface area (Å²) in [5.41, 5.74) is 3.51. The number of hydrogen-bond acceptors (Lipinski definition) is 1. The molecule has 130 valence electrons. The fraction of sp³-hybridized carbons (Fsp3) is 0.409. The number of carbonyl (C=O) groups excluding carboxylic acids is 1. The zero-order chi connectivity index (χ0) is 17.4. The lowest BCUT2D eigenvalue weighted by Crippen LogP contribution is -2.44. The van der Waals surface area contributed by atoms with Crippen LogP contribution in [0.25, 0.3) is 0 Å². The predicted octanol–water partition coefficient (Wildman–Crippen LogP) is 6.58. The summed E-state index contributed by atoms with van der Waals surface area (Å²) in [4.78, 5) is 13.2. The van der Waals surface area contributed by atoms with Gasteiger partial charge in [0.15, 0.2) is 5.78 Å². The van der Waals surface area contributed by atoms with Gasteiger partial charge in [-0.2, -0.15) is 0 Å². The third-order valence-electron chi connectivity index (χ3n) is 6.11. The number of halogens is 2. The van der Waals surface area contributed by atoms with Crippen molar-refractivity contribution < 1.29 is 4.79 Å². The molecule has 2 aromatic carbocycles. The first-order chi connectivity index (χ1) is 12.1. The van der Waals surface area contributed by atoms with E-state index in [-0.39, 0.29) is 4.32 Å². The molecule has 1 atom stereocenters. The van der Waals surface area contributed by atoms with Crippen molar-refractivity contribution in [1.29, 1.82) is 0 Å². The van der Waals surface area contributed by atoms with Crippen LogP contribution in [0.3, 0.4) is 0 Å². The number of alkyl halides is 1. The van der Waals surface area contributed by atoms with Crippen LogP contribution in [0.4, 0.5) is 0 Å². The van der Waals surface area contributed by atoms with Crippen molar-refractivity contribution >= 4 is 33.3 Å². The third kappa shape index (κ3) is 3.19. The van der Waals surface area contributed by atoms with Crippen molar-refractivity contribution in [2.75, 3.05) is 0 Å². The molecule has 0 heterocycles. The molecule has 0 N–H and O–H groups in total. The molecule has 0 spiro atoms. The molecular formula is C22H22BrClO. The highest BCUT2D eigenvalue weighted by Crippen LogP contribution is 2.48. The molecule has 1 fully saturated rings. The van der Waals surface area contributed by atoms with Crippen LogP contribution in [0.15, 0.2) is 48.5 Å². The first-order valence-electron chi connectivity index (χ1n) is 9.15. The normalized spacial score (nSPS) is 29.3. The number of Topliss-reactive ketones (excluding diaryl/α,β-unsaturated/α-hetero) is 1. The van der Waals surface area contributed by atoms with Crippen molar-refractivity contribution in [1.82, 2.24) is 0 Å². The van der Waals surface area contributed by atoms with Crippen LogP contribution in [-0.2, 0) is 6.42 Å². The van der Waals surface area contributed by atoms with Crippen molar-refractivity contribution in [2.24, 2.45) is 5.92 Å². The topological polar surface area (TPSA) is 17.1 Å². The van der Waals surface area contributed by atoms with Crippen molar-refractivity contribution in [3.63, 3.8) is 0 Å². The van der Waals surface area contributed by atoms with Crippen LogP contribution >= 0.6 is 27.5 Å². The lowest BCUT2D eigenvalue weighted by atomic mass is 9.68. The van der Waals surface area contributed by atoms with E-state index in [1.54, 1.807) is 0 Å². The van der Waals surface area contributed by atoms with Gasteiger partial charge in [0.25, 0.3) is 0 Å². The molecule has 0 aromatic heterocycles. The van der Waals surface area contributed by atoms with Gasteiger partial charge in [0.1, 0.15) is 0 Å². The molecule has 25 heavy (non-hydrogen) atoms. The number of benzene rings is 2. The van der Waals surface area contributed by atoms with Crippen LogP contribution in [-0.4, -0.2) is 10.1 Å². The van der Waals surface area contributed by atoms with E-state index in [0.29, 0.717) is 17.6 Å². The highest BCUT2D eigenvalue weighted by atomic mass is 79.9. The quantitative estimate of drug-likeness (QED) is 0.505. The molecule has 2 aliphatic carbocycles. The molecule has 4 rings (SSSR count). The molecule has 3 heteroatoms. The second kappa shape index (κ2) is 6.89. The Morgan fingerprint density at radius 3 is 2.36 bits per heavy atom. The fourth-order valence-corrected chi connectivity index (χ4v) is 5.62. The van der Waals surface area contributed by atoms with E-state index in [2.05, 4.69) is 34.1 Å². The molecule has 1 nitrogen and oxygen atoms in total. The summed E-state index contributed by atoms with van der Waals surface area (Å²) in [5, 5.41) is 0.795. The Hall–Kier alpha value is -1.12. The Morgan fingerprint density at radius 2 is 1.64 bits per heavy atom. The first kappa shape index (κ1) is 17.3. The summed E-state index contributed by atoms with van der Waals surface area (Å²) >= 11 is 9.92. The van der Waals surface area contributed by atoms with Gasteiger partial charge in [-0.25, -0.2) is 0 Å². The van der Waals surface area contributed by atoms with Crippen molar-refractivity contribution in [2.45, 2.75) is 48.8 Å². The van der Waals surface area contributed by atoms with Crippen LogP contribution in [0, 0.1) is 5.92 Å². The minimum atomic E-state index is -0.369. The first-order valence-corrected chi connectivity index (χ1v) is 10.3. The lowest BCUT2D eigenvalue weighted by molar-refractivity contribution is 0.0866. The predicted molar refractivity (Wildman–Crippen MR) is 107 cm³/mol. The summed E-state index contributed by atoms with van der Waals surface area (Å²) in [6.07, 6.45) is 6.41. The SMILES string of the molecule is O=C1c2ccccc2CCC1(Br)[C@H]1CC[C@@H](c2ccc(Cl)cc2)CC1. The number of hydrogen-bond donors (Lipinski definition) is 0. The standard InChI is InChI=1S/C22H22BrClO/c23-22(14-13-17-3-1-2-4-20(17)21(22)25)18-9-5-15(6-10-18)16-7-11-19(24)12-8-16/h1-4,7-8,11-12,15,18H,5-6,9-10,13-14H2/t15-,18+,22?. The molecule has 0 aliphatic heterocycles. The van der Waals surface area contributed by atoms with Crippen molar-refractivity contribution in [3.05, 3.63) is 70.2 Å². The number of rotatable bonds is 2. The molecule has 0 amide bonds. The van der Waals surface area contributed by atoms with Gasteiger partial charge in [0, 0.05) is 10.6 Å². The Labute approximate surface area is 162 Å². The summed E-state index contributed by atoms with van der Waals surface area (Å²) in [7, 11) is 0. The number of fused-ring (bicyclic) bond motifs is 1. The smallest absolute Gasteiger partial charge is 0.180 e. The van der Waals surface area contributed by atoms with E-state index < -0.39 is 0 Å². The van der Waals surface area contributed by atoms with Crippen LogP contribution in [0.1, 0.15) is 59.5 Å². The molecule has 0 radical (unpaired) electrons. The maximum absolute atomic E-state index is 13.2. The molecule has 0 bridgehead atoms. The Bertz CT molecular complexity index is 777. The van der Waals surface area contributed by atoms with Crippen LogP contribution in [0.5, 0.6) is 0 Å². The molecule has 2 aromatic rings. The minimum Gasteiger partial charge on any atom is -0.293 e. The molecule has 0 saturated heterocycles. The maximum atomic E-state index is 13.2. The number of carbonyl (C=O) groups is 1. The van der Waals surface area contributed by atoms with Crippen LogP contribution < -0.4 is 0 Å².